The molecule has 33 heavy (non-hydrogen) atoms. The third-order valence-electron chi connectivity index (χ3n) is 7.07. The summed E-state index contributed by atoms with van der Waals surface area (Å²) in [6, 6.07) is 1.22. The number of nitrogens with one attached hydrogen (secondary N) is 1. The van der Waals surface area contributed by atoms with Crippen LogP contribution < -0.4 is 14.8 Å². The molecule has 0 spiro atoms. The van der Waals surface area contributed by atoms with Crippen molar-refractivity contribution in [2.45, 2.75) is 62.7 Å². The standard InChI is InChI=1S/C21H25N2O9P/c24-15-4-2-1-3-7-23(15)9-30-33(27)31-13-6-5-11-12-8-14-20(29-10-28-14)18(25)16(12)21(26)22-17(11)19(13)32-33/h8,11,13,17,19,25H,1-7,9-10H2,(H,22,26)/t11-,13?,17?,19?,33?/m1/s1. The predicted octanol–water partition coefficient (Wildman–Crippen LogP) is 2.38. The second-order valence-corrected chi connectivity index (χ2v) is 10.6. The summed E-state index contributed by atoms with van der Waals surface area (Å²) in [5.74, 6) is -0.381. The molecule has 1 aromatic rings. The minimum Gasteiger partial charge on any atom is -0.504 e. The van der Waals surface area contributed by atoms with Crippen LogP contribution in [0.15, 0.2) is 6.07 Å². The van der Waals surface area contributed by atoms with Crippen LogP contribution in [0.5, 0.6) is 17.2 Å². The highest BCUT2D eigenvalue weighted by Gasteiger charge is 2.56. The van der Waals surface area contributed by atoms with Crippen molar-refractivity contribution in [2.24, 2.45) is 0 Å². The van der Waals surface area contributed by atoms with Crippen LogP contribution in [0.1, 0.15) is 60.4 Å². The van der Waals surface area contributed by atoms with Crippen LogP contribution in [-0.2, 0) is 22.9 Å². The van der Waals surface area contributed by atoms with Gasteiger partial charge in [-0.3, -0.25) is 23.2 Å². The summed E-state index contributed by atoms with van der Waals surface area (Å²) in [6.07, 6.45) is 3.08. The van der Waals surface area contributed by atoms with Gasteiger partial charge >= 0.3 is 7.82 Å². The fraction of sp³-hybridized carbons (Fsp3) is 0.619. The Kier molecular flexibility index (Phi) is 5.06. The van der Waals surface area contributed by atoms with Crippen molar-refractivity contribution in [3.05, 3.63) is 17.2 Å². The van der Waals surface area contributed by atoms with Gasteiger partial charge < -0.3 is 24.8 Å². The third-order valence-corrected chi connectivity index (χ3v) is 8.53. The van der Waals surface area contributed by atoms with E-state index in [0.29, 0.717) is 37.1 Å². The number of carbonyl (C=O) groups excluding carboxylic acids is 2. The number of fused-ring (bicyclic) bond motifs is 6. The second kappa shape index (κ2) is 7.87. The quantitative estimate of drug-likeness (QED) is 0.626. The van der Waals surface area contributed by atoms with E-state index in [1.165, 1.54) is 4.90 Å². The SMILES string of the molecule is O=C1NC2C3OP(=O)(OCN4CCCCCC4=O)OC3CC[C@@H]2c2cc3c(c(O)c21)OCO3. The predicted molar refractivity (Wildman–Crippen MR) is 111 cm³/mol. The summed E-state index contributed by atoms with van der Waals surface area (Å²) < 4.78 is 41.0. The van der Waals surface area contributed by atoms with Crippen molar-refractivity contribution in [2.75, 3.05) is 20.1 Å². The molecule has 1 saturated carbocycles. The maximum atomic E-state index is 13.2. The van der Waals surface area contributed by atoms with Crippen LogP contribution >= 0.6 is 7.82 Å². The van der Waals surface area contributed by atoms with E-state index in [0.717, 1.165) is 19.3 Å². The summed E-state index contributed by atoms with van der Waals surface area (Å²) in [7, 11) is -3.91. The molecule has 0 radical (unpaired) electrons. The van der Waals surface area contributed by atoms with Crippen LogP contribution in [0.3, 0.4) is 0 Å². The average molecular weight is 480 g/mol. The number of rotatable bonds is 3. The Morgan fingerprint density at radius 3 is 2.94 bits per heavy atom. The lowest BCUT2D eigenvalue weighted by atomic mass is 9.73. The number of phenolic OH excluding ortho intramolecular Hbond substituents is 1. The van der Waals surface area contributed by atoms with Gasteiger partial charge in [0.25, 0.3) is 5.91 Å². The number of hydrogen-bond acceptors (Lipinski definition) is 9. The first-order chi connectivity index (χ1) is 15.9. The lowest BCUT2D eigenvalue weighted by Gasteiger charge is -2.41. The third kappa shape index (κ3) is 3.49. The smallest absolute Gasteiger partial charge is 0.477 e. The van der Waals surface area contributed by atoms with Crippen molar-refractivity contribution >= 4 is 19.6 Å². The van der Waals surface area contributed by atoms with Crippen molar-refractivity contribution in [1.29, 1.82) is 0 Å². The number of benzene rings is 1. The molecule has 6 rings (SSSR count). The van der Waals surface area contributed by atoms with E-state index in [1.807, 2.05) is 0 Å². The number of phenols is 1. The highest BCUT2D eigenvalue weighted by atomic mass is 31.2. The molecule has 4 aliphatic heterocycles. The van der Waals surface area contributed by atoms with Crippen molar-refractivity contribution < 1.29 is 42.3 Å². The topological polar surface area (TPSA) is 133 Å². The molecule has 12 heteroatoms. The van der Waals surface area contributed by atoms with Crippen molar-refractivity contribution in [3.8, 4) is 17.2 Å². The Hall–Kier alpha value is -2.33. The Morgan fingerprint density at radius 1 is 1.18 bits per heavy atom. The Labute approximate surface area is 189 Å². The first kappa shape index (κ1) is 21.2. The first-order valence-electron chi connectivity index (χ1n) is 11.3. The average Bonchev–Trinajstić information content (AvgIpc) is 3.33. The lowest BCUT2D eigenvalue weighted by Crippen LogP contribution is -2.56. The number of amides is 2. The molecular weight excluding hydrogens is 455 g/mol. The minimum absolute atomic E-state index is 0.0246. The zero-order valence-corrected chi connectivity index (χ0v) is 18.8. The van der Waals surface area contributed by atoms with Crippen LogP contribution in [0.25, 0.3) is 0 Å². The minimum atomic E-state index is -3.91. The van der Waals surface area contributed by atoms with Crippen LogP contribution in [0.4, 0.5) is 0 Å². The Bertz CT molecular complexity index is 1060. The molecule has 0 aromatic heterocycles. The normalized spacial score (nSPS) is 34.8. The van der Waals surface area contributed by atoms with Crippen LogP contribution in [0, 0.1) is 0 Å². The number of carbonyl (C=O) groups is 2. The number of likely N-dealkylation sites (tertiary alicyclic amines) is 1. The van der Waals surface area contributed by atoms with E-state index in [9.17, 15) is 19.3 Å². The summed E-state index contributed by atoms with van der Waals surface area (Å²) >= 11 is 0. The molecular formula is C21H25N2O9P. The molecule has 3 fully saturated rings. The summed E-state index contributed by atoms with van der Waals surface area (Å²) in [5, 5.41) is 13.5. The molecule has 5 aliphatic rings. The summed E-state index contributed by atoms with van der Waals surface area (Å²) in [4.78, 5) is 26.7. The van der Waals surface area contributed by atoms with E-state index in [-0.39, 0.29) is 42.4 Å². The Morgan fingerprint density at radius 2 is 2.06 bits per heavy atom. The van der Waals surface area contributed by atoms with E-state index >= 15 is 0 Å². The maximum absolute atomic E-state index is 13.2. The van der Waals surface area contributed by atoms with Gasteiger partial charge in [0.2, 0.25) is 18.4 Å². The van der Waals surface area contributed by atoms with Gasteiger partial charge in [0.15, 0.2) is 11.5 Å². The van der Waals surface area contributed by atoms with Crippen molar-refractivity contribution in [3.63, 3.8) is 0 Å². The van der Waals surface area contributed by atoms with Gasteiger partial charge in [0.05, 0.1) is 17.7 Å². The summed E-state index contributed by atoms with van der Waals surface area (Å²) in [5.41, 5.74) is 0.808. The monoisotopic (exact) mass is 480 g/mol. The number of phosphoric ester groups is 1. The zero-order valence-electron chi connectivity index (χ0n) is 17.9. The number of aromatic hydroxyl groups is 1. The lowest BCUT2D eigenvalue weighted by molar-refractivity contribution is -0.133. The zero-order chi connectivity index (χ0) is 22.7. The van der Waals surface area contributed by atoms with Crippen LogP contribution in [0.2, 0.25) is 0 Å². The number of phosphoric acid groups is 1. The van der Waals surface area contributed by atoms with Gasteiger partial charge in [-0.2, -0.15) is 0 Å². The molecule has 178 valence electrons. The molecule has 2 saturated heterocycles. The van der Waals surface area contributed by atoms with Gasteiger partial charge in [-0.25, -0.2) is 4.57 Å². The fourth-order valence-electron chi connectivity index (χ4n) is 5.44. The van der Waals surface area contributed by atoms with E-state index in [1.54, 1.807) is 6.07 Å². The maximum Gasteiger partial charge on any atom is 0.477 e. The second-order valence-electron chi connectivity index (χ2n) is 8.99. The molecule has 4 heterocycles. The number of nitrogens with zero attached hydrogens (tertiary/aromatic N) is 1. The van der Waals surface area contributed by atoms with Crippen molar-refractivity contribution in [1.82, 2.24) is 10.2 Å². The fourth-order valence-corrected chi connectivity index (χ4v) is 7.02. The van der Waals surface area contributed by atoms with Gasteiger partial charge in [-0.05, 0) is 37.3 Å². The molecule has 1 aliphatic carbocycles. The molecule has 2 N–H and O–H groups in total. The highest BCUT2D eigenvalue weighted by Crippen LogP contribution is 2.62. The first-order valence-corrected chi connectivity index (χ1v) is 12.7. The van der Waals surface area contributed by atoms with E-state index < -0.39 is 32.0 Å². The molecule has 2 amide bonds. The van der Waals surface area contributed by atoms with Gasteiger partial charge in [0, 0.05) is 18.9 Å². The summed E-state index contributed by atoms with van der Waals surface area (Å²) in [6.45, 7) is 0.363. The number of ether oxygens (including phenoxy) is 2. The van der Waals surface area contributed by atoms with Gasteiger partial charge in [-0.1, -0.05) is 6.42 Å². The van der Waals surface area contributed by atoms with E-state index in [4.69, 9.17) is 23.0 Å². The largest absolute Gasteiger partial charge is 0.504 e. The molecule has 4 unspecified atom stereocenters. The van der Waals surface area contributed by atoms with E-state index in [2.05, 4.69) is 5.32 Å². The molecule has 1 aromatic carbocycles. The van der Waals surface area contributed by atoms with Gasteiger partial charge in [0.1, 0.15) is 12.8 Å². The molecule has 0 bridgehead atoms. The Balaban J connectivity index is 1.22. The number of hydrogen-bond donors (Lipinski definition) is 2. The highest BCUT2D eigenvalue weighted by molar-refractivity contribution is 7.48. The molecule has 5 atom stereocenters. The van der Waals surface area contributed by atoms with Gasteiger partial charge in [-0.15, -0.1) is 0 Å². The van der Waals surface area contributed by atoms with Crippen LogP contribution in [-0.4, -0.2) is 60.1 Å². The molecule has 11 nitrogen and oxygen atoms in total.